The molecule has 1 aliphatic heterocycles. The molecule has 3 heteroatoms. The van der Waals surface area contributed by atoms with Gasteiger partial charge in [0.1, 0.15) is 0 Å². The molecule has 0 aromatic carbocycles. The van der Waals surface area contributed by atoms with E-state index >= 15 is 0 Å². The number of halogens is 1. The van der Waals surface area contributed by atoms with Crippen LogP contribution in [0.5, 0.6) is 0 Å². The van der Waals surface area contributed by atoms with Gasteiger partial charge in [-0.15, -0.1) is 0 Å². The SMILES string of the molecule is C=C1CCC[C@@]2(C)C[C@]3(Cl)OC(=O)C(C)=C3C[C@H]12. The lowest BCUT2D eigenvalue weighted by Gasteiger charge is -2.50. The fraction of sp³-hybridized carbons (Fsp3) is 0.667. The van der Waals surface area contributed by atoms with Gasteiger partial charge < -0.3 is 4.74 Å². The van der Waals surface area contributed by atoms with Crippen molar-refractivity contribution in [2.45, 2.75) is 51.0 Å². The van der Waals surface area contributed by atoms with E-state index in [2.05, 4.69) is 13.5 Å². The molecule has 2 fully saturated rings. The van der Waals surface area contributed by atoms with E-state index in [4.69, 9.17) is 16.3 Å². The Labute approximate surface area is 113 Å². The lowest BCUT2D eigenvalue weighted by atomic mass is 9.57. The van der Waals surface area contributed by atoms with Gasteiger partial charge in [0.25, 0.3) is 0 Å². The van der Waals surface area contributed by atoms with Gasteiger partial charge in [-0.3, -0.25) is 0 Å². The van der Waals surface area contributed by atoms with Gasteiger partial charge in [-0.05, 0) is 49.5 Å². The number of alkyl halides is 1. The molecule has 0 N–H and O–H groups in total. The zero-order valence-electron chi connectivity index (χ0n) is 11.0. The summed E-state index contributed by atoms with van der Waals surface area (Å²) in [6.07, 6.45) is 5.00. The minimum Gasteiger partial charge on any atom is -0.436 e. The van der Waals surface area contributed by atoms with Crippen molar-refractivity contribution in [3.8, 4) is 0 Å². The molecule has 1 heterocycles. The Kier molecular flexibility index (Phi) is 2.48. The van der Waals surface area contributed by atoms with Crippen molar-refractivity contribution in [2.75, 3.05) is 0 Å². The number of fused-ring (bicyclic) bond motifs is 2. The Morgan fingerprint density at radius 3 is 2.94 bits per heavy atom. The van der Waals surface area contributed by atoms with Crippen LogP contribution < -0.4 is 0 Å². The van der Waals surface area contributed by atoms with Gasteiger partial charge >= 0.3 is 5.97 Å². The maximum Gasteiger partial charge on any atom is 0.335 e. The van der Waals surface area contributed by atoms with Crippen molar-refractivity contribution >= 4 is 17.6 Å². The van der Waals surface area contributed by atoms with Gasteiger partial charge in [0, 0.05) is 12.0 Å². The van der Waals surface area contributed by atoms with E-state index in [0.29, 0.717) is 11.5 Å². The third-order valence-corrected chi connectivity index (χ3v) is 5.52. The van der Waals surface area contributed by atoms with Crippen LogP contribution in [0.1, 0.15) is 46.0 Å². The lowest BCUT2D eigenvalue weighted by molar-refractivity contribution is -0.144. The van der Waals surface area contributed by atoms with E-state index in [-0.39, 0.29) is 11.4 Å². The molecule has 0 spiro atoms. The van der Waals surface area contributed by atoms with Gasteiger partial charge in [0.2, 0.25) is 5.06 Å². The molecule has 2 aliphatic carbocycles. The number of allylic oxidation sites excluding steroid dienone is 1. The van der Waals surface area contributed by atoms with Crippen molar-refractivity contribution in [3.63, 3.8) is 0 Å². The second kappa shape index (κ2) is 3.63. The van der Waals surface area contributed by atoms with E-state index in [9.17, 15) is 4.79 Å². The summed E-state index contributed by atoms with van der Waals surface area (Å²) in [5.74, 6) is 0.213. The Balaban J connectivity index is 2.04. The molecule has 2 nitrogen and oxygen atoms in total. The first-order valence-electron chi connectivity index (χ1n) is 6.66. The molecule has 0 saturated heterocycles. The van der Waals surface area contributed by atoms with Crippen LogP contribution >= 0.6 is 11.6 Å². The van der Waals surface area contributed by atoms with Crippen molar-refractivity contribution in [1.82, 2.24) is 0 Å². The number of esters is 1. The largest absolute Gasteiger partial charge is 0.436 e. The van der Waals surface area contributed by atoms with Crippen molar-refractivity contribution in [2.24, 2.45) is 11.3 Å². The molecule has 0 aromatic rings. The minimum absolute atomic E-state index is 0.130. The Morgan fingerprint density at radius 2 is 2.22 bits per heavy atom. The van der Waals surface area contributed by atoms with Crippen molar-refractivity contribution in [1.29, 1.82) is 0 Å². The van der Waals surface area contributed by atoms with Gasteiger partial charge in [0.15, 0.2) is 0 Å². The van der Waals surface area contributed by atoms with Crippen LogP contribution in [0, 0.1) is 11.3 Å². The zero-order chi connectivity index (χ0) is 13.1. The molecule has 2 saturated carbocycles. The smallest absolute Gasteiger partial charge is 0.335 e. The van der Waals surface area contributed by atoms with E-state index in [0.717, 1.165) is 31.3 Å². The summed E-state index contributed by atoms with van der Waals surface area (Å²) in [6, 6.07) is 0. The summed E-state index contributed by atoms with van der Waals surface area (Å²) in [4.78, 5) is 11.8. The summed E-state index contributed by atoms with van der Waals surface area (Å²) in [5, 5.41) is -0.871. The third kappa shape index (κ3) is 1.51. The average molecular weight is 267 g/mol. The number of hydrogen-bond donors (Lipinski definition) is 0. The highest BCUT2D eigenvalue weighted by molar-refractivity contribution is 6.27. The summed E-state index contributed by atoms with van der Waals surface area (Å²) in [7, 11) is 0. The molecule has 3 rings (SSSR count). The predicted molar refractivity (Wildman–Crippen MR) is 71.2 cm³/mol. The van der Waals surface area contributed by atoms with Crippen LogP contribution in [-0.2, 0) is 9.53 Å². The van der Waals surface area contributed by atoms with E-state index in [1.54, 1.807) is 0 Å². The molecule has 18 heavy (non-hydrogen) atoms. The fourth-order valence-corrected chi connectivity index (χ4v) is 4.62. The van der Waals surface area contributed by atoms with Crippen LogP contribution in [0.4, 0.5) is 0 Å². The second-order valence-electron chi connectivity index (χ2n) is 6.32. The summed E-state index contributed by atoms with van der Waals surface area (Å²) >= 11 is 6.59. The first kappa shape index (κ1) is 12.3. The van der Waals surface area contributed by atoms with Crippen LogP contribution in [-0.4, -0.2) is 11.0 Å². The van der Waals surface area contributed by atoms with Gasteiger partial charge in [-0.2, -0.15) is 0 Å². The number of ether oxygens (including phenoxy) is 1. The van der Waals surface area contributed by atoms with E-state index in [1.807, 2.05) is 6.92 Å². The Hall–Kier alpha value is -0.760. The summed E-state index contributed by atoms with van der Waals surface area (Å²) in [6.45, 7) is 8.33. The van der Waals surface area contributed by atoms with Crippen molar-refractivity contribution in [3.05, 3.63) is 23.3 Å². The number of carbonyl (C=O) groups is 1. The Bertz CT molecular complexity index is 479. The normalized spacial score (nSPS) is 43.6. The maximum atomic E-state index is 11.8. The average Bonchev–Trinajstić information content (AvgIpc) is 2.46. The maximum absolute atomic E-state index is 11.8. The van der Waals surface area contributed by atoms with E-state index < -0.39 is 5.06 Å². The van der Waals surface area contributed by atoms with Crippen LogP contribution in [0.25, 0.3) is 0 Å². The number of carbonyl (C=O) groups excluding carboxylic acids is 1. The number of rotatable bonds is 0. The van der Waals surface area contributed by atoms with Gasteiger partial charge in [-0.1, -0.05) is 30.7 Å². The predicted octanol–water partition coefficient (Wildman–Crippen LogP) is 3.95. The molecule has 98 valence electrons. The highest BCUT2D eigenvalue weighted by Gasteiger charge is 2.56. The molecular weight excluding hydrogens is 248 g/mol. The first-order valence-corrected chi connectivity index (χ1v) is 7.04. The van der Waals surface area contributed by atoms with Crippen LogP contribution in [0.3, 0.4) is 0 Å². The lowest BCUT2D eigenvalue weighted by Crippen LogP contribution is -2.45. The zero-order valence-corrected chi connectivity index (χ0v) is 11.8. The Morgan fingerprint density at radius 1 is 1.50 bits per heavy atom. The molecule has 0 aromatic heterocycles. The summed E-state index contributed by atoms with van der Waals surface area (Å²) < 4.78 is 5.44. The second-order valence-corrected chi connectivity index (χ2v) is 6.93. The standard InChI is InChI=1S/C15H19ClO2/c1-9-5-4-6-14(3)8-15(16)12(7-11(9)14)10(2)13(17)18-15/h11H,1,4-8H2,2-3H3/t11-,14+,15+/m1/s1. The van der Waals surface area contributed by atoms with Gasteiger partial charge in [-0.25, -0.2) is 4.79 Å². The third-order valence-electron chi connectivity index (χ3n) is 5.08. The summed E-state index contributed by atoms with van der Waals surface area (Å²) in [5.41, 5.74) is 3.16. The number of hydrogen-bond acceptors (Lipinski definition) is 2. The highest BCUT2D eigenvalue weighted by atomic mass is 35.5. The quantitative estimate of drug-likeness (QED) is 0.377. The highest BCUT2D eigenvalue weighted by Crippen LogP contribution is 2.60. The van der Waals surface area contributed by atoms with E-state index in [1.165, 1.54) is 12.0 Å². The molecular formula is C15H19ClO2. The molecule has 0 unspecified atom stereocenters. The molecule has 0 bridgehead atoms. The van der Waals surface area contributed by atoms with Crippen LogP contribution in [0.2, 0.25) is 0 Å². The first-order chi connectivity index (χ1) is 8.36. The van der Waals surface area contributed by atoms with Gasteiger partial charge in [0.05, 0.1) is 0 Å². The topological polar surface area (TPSA) is 26.3 Å². The van der Waals surface area contributed by atoms with Crippen LogP contribution in [0.15, 0.2) is 23.3 Å². The molecule has 3 atom stereocenters. The van der Waals surface area contributed by atoms with Crippen molar-refractivity contribution < 1.29 is 9.53 Å². The fourth-order valence-electron chi connectivity index (χ4n) is 4.02. The monoisotopic (exact) mass is 266 g/mol. The minimum atomic E-state index is -0.871. The molecule has 0 amide bonds. The molecule has 3 aliphatic rings. The molecule has 0 radical (unpaired) electrons.